The molecule has 1 aromatic carbocycles. The van der Waals surface area contributed by atoms with Gasteiger partial charge in [-0.25, -0.2) is 9.78 Å². The molecule has 0 unspecified atom stereocenters. The summed E-state index contributed by atoms with van der Waals surface area (Å²) in [5.74, 6) is -0.256. The van der Waals surface area contributed by atoms with Crippen LogP contribution in [0.3, 0.4) is 0 Å². The number of benzene rings is 1. The molecular formula is C12H11NO2S2. The van der Waals surface area contributed by atoms with Gasteiger partial charge in [0.15, 0.2) is 5.69 Å². The van der Waals surface area contributed by atoms with Gasteiger partial charge in [-0.2, -0.15) is 0 Å². The van der Waals surface area contributed by atoms with E-state index in [0.717, 1.165) is 5.01 Å². The van der Waals surface area contributed by atoms with Gasteiger partial charge in [-0.05, 0) is 19.1 Å². The molecule has 0 spiro atoms. The molecule has 0 atom stereocenters. The van der Waals surface area contributed by atoms with E-state index >= 15 is 0 Å². The molecule has 0 amide bonds. The lowest BCUT2D eigenvalue weighted by Gasteiger charge is -1.99. The first-order valence-electron chi connectivity index (χ1n) is 5.02. The summed E-state index contributed by atoms with van der Waals surface area (Å²) in [6.45, 7) is 2.05. The van der Waals surface area contributed by atoms with E-state index in [-0.39, 0.29) is 5.69 Å². The van der Waals surface area contributed by atoms with E-state index in [4.69, 9.17) is 5.11 Å². The Bertz CT molecular complexity index is 520. The number of rotatable bonds is 4. The second-order valence-electron chi connectivity index (χ2n) is 3.53. The zero-order valence-corrected chi connectivity index (χ0v) is 10.8. The van der Waals surface area contributed by atoms with Crippen molar-refractivity contribution in [1.29, 1.82) is 0 Å². The number of aryl methyl sites for hydroxylation is 1. The van der Waals surface area contributed by atoms with Crippen LogP contribution in [0.5, 0.6) is 0 Å². The van der Waals surface area contributed by atoms with Crippen LogP contribution in [0, 0.1) is 6.92 Å². The van der Waals surface area contributed by atoms with Crippen LogP contribution in [0.4, 0.5) is 0 Å². The molecule has 0 aliphatic rings. The first-order valence-corrected chi connectivity index (χ1v) is 6.89. The molecule has 2 rings (SSSR count). The average molecular weight is 265 g/mol. The van der Waals surface area contributed by atoms with Crippen molar-refractivity contribution in [2.45, 2.75) is 17.6 Å². The first-order chi connectivity index (χ1) is 8.15. The zero-order chi connectivity index (χ0) is 12.3. The molecule has 5 heteroatoms. The molecule has 0 radical (unpaired) electrons. The van der Waals surface area contributed by atoms with E-state index in [1.54, 1.807) is 17.1 Å². The monoisotopic (exact) mass is 265 g/mol. The zero-order valence-electron chi connectivity index (χ0n) is 9.21. The summed E-state index contributed by atoms with van der Waals surface area (Å²) in [4.78, 5) is 15.9. The Morgan fingerprint density at radius 1 is 1.41 bits per heavy atom. The van der Waals surface area contributed by atoms with E-state index < -0.39 is 5.97 Å². The van der Waals surface area contributed by atoms with Crippen molar-refractivity contribution in [3.63, 3.8) is 0 Å². The van der Waals surface area contributed by atoms with Gasteiger partial charge in [-0.15, -0.1) is 23.1 Å². The molecule has 0 bridgehead atoms. The Morgan fingerprint density at radius 2 is 2.12 bits per heavy atom. The minimum Gasteiger partial charge on any atom is -0.476 e. The normalized spacial score (nSPS) is 10.4. The molecule has 0 saturated carbocycles. The second kappa shape index (κ2) is 5.33. The maximum Gasteiger partial charge on any atom is 0.355 e. The Hall–Kier alpha value is -1.33. The number of carbonyl (C=O) groups is 1. The van der Waals surface area contributed by atoms with Gasteiger partial charge < -0.3 is 5.11 Å². The summed E-state index contributed by atoms with van der Waals surface area (Å²) >= 11 is 3.05. The van der Waals surface area contributed by atoms with Crippen molar-refractivity contribution < 1.29 is 9.90 Å². The van der Waals surface area contributed by atoms with Crippen molar-refractivity contribution in [2.24, 2.45) is 0 Å². The van der Waals surface area contributed by atoms with Crippen LogP contribution in [0.25, 0.3) is 0 Å². The van der Waals surface area contributed by atoms with Crippen molar-refractivity contribution in [1.82, 2.24) is 4.98 Å². The van der Waals surface area contributed by atoms with Crippen molar-refractivity contribution in [2.75, 3.05) is 0 Å². The Labute approximate surface area is 108 Å². The first kappa shape index (κ1) is 12.1. The number of nitrogens with zero attached hydrogens (tertiary/aromatic N) is 1. The summed E-state index contributed by atoms with van der Waals surface area (Å²) in [5, 5.41) is 11.2. The van der Waals surface area contributed by atoms with Gasteiger partial charge >= 0.3 is 5.97 Å². The van der Waals surface area contributed by atoms with Gasteiger partial charge in [0.25, 0.3) is 0 Å². The maximum atomic E-state index is 10.7. The second-order valence-corrected chi connectivity index (χ2v) is 5.52. The van der Waals surface area contributed by atoms with Crippen LogP contribution in [0.1, 0.15) is 21.1 Å². The Kier molecular flexibility index (Phi) is 3.81. The molecular weight excluding hydrogens is 254 g/mol. The maximum absolute atomic E-state index is 10.7. The van der Waals surface area contributed by atoms with Crippen molar-refractivity contribution in [3.8, 4) is 0 Å². The molecule has 0 aliphatic carbocycles. The number of thiazole rings is 1. The van der Waals surface area contributed by atoms with Gasteiger partial charge in [0.2, 0.25) is 0 Å². The fourth-order valence-corrected chi connectivity index (χ4v) is 2.94. The molecule has 88 valence electrons. The molecule has 1 aromatic heterocycles. The number of carboxylic acids is 1. The lowest BCUT2D eigenvalue weighted by molar-refractivity contribution is 0.0691. The molecule has 0 fully saturated rings. The van der Waals surface area contributed by atoms with Gasteiger partial charge in [-0.3, -0.25) is 0 Å². The molecule has 1 N–H and O–H groups in total. The number of aromatic nitrogens is 1. The van der Waals surface area contributed by atoms with Crippen LogP contribution in [0.15, 0.2) is 34.5 Å². The average Bonchev–Trinajstić information content (AvgIpc) is 2.77. The number of thioether (sulfide) groups is 1. The molecule has 3 nitrogen and oxygen atoms in total. The fraction of sp³-hybridized carbons (Fsp3) is 0.167. The minimum atomic E-state index is -0.965. The third kappa shape index (κ3) is 3.31. The van der Waals surface area contributed by atoms with Crippen molar-refractivity contribution in [3.05, 3.63) is 45.9 Å². The van der Waals surface area contributed by atoms with Crippen LogP contribution in [0.2, 0.25) is 0 Å². The van der Waals surface area contributed by atoms with Gasteiger partial charge in [0.1, 0.15) is 5.01 Å². The molecule has 0 aliphatic heterocycles. The fourth-order valence-electron chi connectivity index (χ4n) is 1.25. The van der Waals surface area contributed by atoms with Crippen LogP contribution >= 0.6 is 23.1 Å². The summed E-state index contributed by atoms with van der Waals surface area (Å²) in [6.07, 6.45) is 0. The van der Waals surface area contributed by atoms with Crippen molar-refractivity contribution >= 4 is 29.1 Å². The lowest BCUT2D eigenvalue weighted by Crippen LogP contribution is -1.96. The number of aromatic carboxylic acids is 1. The minimum absolute atomic E-state index is 0.134. The van der Waals surface area contributed by atoms with Gasteiger partial charge in [0.05, 0.1) is 5.75 Å². The molecule has 2 aromatic rings. The van der Waals surface area contributed by atoms with E-state index in [9.17, 15) is 4.79 Å². The third-order valence-corrected chi connectivity index (χ3v) is 4.21. The number of hydrogen-bond acceptors (Lipinski definition) is 4. The summed E-state index contributed by atoms with van der Waals surface area (Å²) < 4.78 is 0. The molecule has 1 heterocycles. The predicted molar refractivity (Wildman–Crippen MR) is 69.8 cm³/mol. The van der Waals surface area contributed by atoms with E-state index in [0.29, 0.717) is 5.75 Å². The highest BCUT2D eigenvalue weighted by molar-refractivity contribution is 7.98. The van der Waals surface area contributed by atoms with E-state index in [1.807, 2.05) is 0 Å². The van der Waals surface area contributed by atoms with Crippen LogP contribution in [-0.2, 0) is 5.75 Å². The summed E-state index contributed by atoms with van der Waals surface area (Å²) in [7, 11) is 0. The Morgan fingerprint density at radius 3 is 2.71 bits per heavy atom. The lowest BCUT2D eigenvalue weighted by atomic mass is 10.2. The number of carboxylic acid groups (broad SMARTS) is 1. The van der Waals surface area contributed by atoms with E-state index in [2.05, 4.69) is 36.2 Å². The highest BCUT2D eigenvalue weighted by Crippen LogP contribution is 2.24. The third-order valence-electron chi connectivity index (χ3n) is 2.15. The summed E-state index contributed by atoms with van der Waals surface area (Å²) in [5.41, 5.74) is 1.37. The van der Waals surface area contributed by atoms with Crippen LogP contribution < -0.4 is 0 Å². The van der Waals surface area contributed by atoms with Gasteiger partial charge in [-0.1, -0.05) is 17.7 Å². The quantitative estimate of drug-likeness (QED) is 0.860. The standard InChI is InChI=1S/C12H11NO2S2/c1-8-2-4-9(5-3-8)16-7-11-13-10(6-17-11)12(14)15/h2-6H,7H2,1H3,(H,14,15). The number of hydrogen-bond donors (Lipinski definition) is 1. The highest BCUT2D eigenvalue weighted by Gasteiger charge is 2.08. The SMILES string of the molecule is Cc1ccc(SCc2nc(C(=O)O)cs2)cc1. The summed E-state index contributed by atoms with van der Waals surface area (Å²) in [6, 6.07) is 8.25. The smallest absolute Gasteiger partial charge is 0.355 e. The Balaban J connectivity index is 1.97. The van der Waals surface area contributed by atoms with Crippen LogP contribution in [-0.4, -0.2) is 16.1 Å². The predicted octanol–water partition coefficient (Wildman–Crippen LogP) is 3.44. The topological polar surface area (TPSA) is 50.2 Å². The molecule has 0 saturated heterocycles. The van der Waals surface area contributed by atoms with E-state index in [1.165, 1.54) is 21.8 Å². The molecule has 17 heavy (non-hydrogen) atoms. The highest BCUT2D eigenvalue weighted by atomic mass is 32.2. The van der Waals surface area contributed by atoms with Gasteiger partial charge in [0, 0.05) is 10.3 Å². The largest absolute Gasteiger partial charge is 0.476 e.